The lowest BCUT2D eigenvalue weighted by molar-refractivity contribution is 0.102. The molecule has 1 aromatic carbocycles. The van der Waals surface area contributed by atoms with Crippen molar-refractivity contribution in [2.24, 2.45) is 0 Å². The summed E-state index contributed by atoms with van der Waals surface area (Å²) in [6.45, 7) is 0. The number of nitrogens with two attached hydrogens (primary N) is 1. The summed E-state index contributed by atoms with van der Waals surface area (Å²) in [6, 6.07) is 8.92. The van der Waals surface area contributed by atoms with E-state index >= 15 is 0 Å². The number of nitrogens with zero attached hydrogens (tertiary/aromatic N) is 1. The summed E-state index contributed by atoms with van der Waals surface area (Å²) in [6.07, 6.45) is 1.36. The van der Waals surface area contributed by atoms with Gasteiger partial charge in [0.05, 0.1) is 16.3 Å². The highest BCUT2D eigenvalue weighted by molar-refractivity contribution is 14.1. The molecule has 0 unspecified atom stereocenters. The van der Waals surface area contributed by atoms with Crippen molar-refractivity contribution in [3.8, 4) is 0 Å². The molecule has 1 heterocycles. The Morgan fingerprint density at radius 3 is 2.83 bits per heavy atom. The molecule has 0 aliphatic carbocycles. The van der Waals surface area contributed by atoms with Crippen molar-refractivity contribution in [2.75, 3.05) is 11.1 Å². The van der Waals surface area contributed by atoms with Gasteiger partial charge in [0.1, 0.15) is 5.82 Å². The highest BCUT2D eigenvalue weighted by Gasteiger charge is 2.12. The SMILES string of the molecule is Nc1cc(C(=O)Nc2ccccc2I)c(Cl)cn1. The molecule has 6 heteroatoms. The van der Waals surface area contributed by atoms with Gasteiger partial charge < -0.3 is 11.1 Å². The highest BCUT2D eigenvalue weighted by Crippen LogP contribution is 2.21. The number of pyridine rings is 1. The van der Waals surface area contributed by atoms with Crippen LogP contribution in [0.4, 0.5) is 11.5 Å². The van der Waals surface area contributed by atoms with Crippen LogP contribution in [0.1, 0.15) is 10.4 Å². The second-order valence-electron chi connectivity index (χ2n) is 3.52. The van der Waals surface area contributed by atoms with Gasteiger partial charge in [-0.15, -0.1) is 0 Å². The second kappa shape index (κ2) is 5.53. The minimum absolute atomic E-state index is 0.257. The molecule has 2 aromatic rings. The molecule has 4 nitrogen and oxygen atoms in total. The zero-order valence-corrected chi connectivity index (χ0v) is 12.1. The molecule has 0 saturated carbocycles. The van der Waals surface area contributed by atoms with Crippen molar-refractivity contribution in [1.82, 2.24) is 4.98 Å². The molecule has 0 aliphatic rings. The molecular formula is C12H9ClIN3O. The number of anilines is 2. The normalized spacial score (nSPS) is 10.1. The van der Waals surface area contributed by atoms with Gasteiger partial charge in [-0.1, -0.05) is 23.7 Å². The monoisotopic (exact) mass is 373 g/mol. The van der Waals surface area contributed by atoms with Crippen LogP contribution >= 0.6 is 34.2 Å². The van der Waals surface area contributed by atoms with Crippen molar-refractivity contribution < 1.29 is 4.79 Å². The van der Waals surface area contributed by atoms with Crippen LogP contribution < -0.4 is 11.1 Å². The predicted octanol–water partition coefficient (Wildman–Crippen LogP) is 3.17. The van der Waals surface area contributed by atoms with E-state index in [4.69, 9.17) is 17.3 Å². The van der Waals surface area contributed by atoms with Gasteiger partial charge in [0.25, 0.3) is 5.91 Å². The van der Waals surface area contributed by atoms with Gasteiger partial charge in [0.15, 0.2) is 0 Å². The maximum absolute atomic E-state index is 12.1. The summed E-state index contributed by atoms with van der Waals surface area (Å²) < 4.78 is 0.946. The summed E-state index contributed by atoms with van der Waals surface area (Å²) in [5, 5.41) is 3.05. The van der Waals surface area contributed by atoms with Crippen LogP contribution in [0.15, 0.2) is 36.5 Å². The summed E-state index contributed by atoms with van der Waals surface area (Å²) >= 11 is 8.06. The smallest absolute Gasteiger partial charge is 0.257 e. The predicted molar refractivity (Wildman–Crippen MR) is 80.8 cm³/mol. The Balaban J connectivity index is 2.28. The minimum Gasteiger partial charge on any atom is -0.384 e. The fourth-order valence-electron chi connectivity index (χ4n) is 1.38. The summed E-state index contributed by atoms with van der Waals surface area (Å²) in [7, 11) is 0. The van der Waals surface area contributed by atoms with Gasteiger partial charge in [-0.3, -0.25) is 4.79 Å². The van der Waals surface area contributed by atoms with Crippen LogP contribution in [0.25, 0.3) is 0 Å². The largest absolute Gasteiger partial charge is 0.384 e. The van der Waals surface area contributed by atoms with Crippen LogP contribution in [-0.4, -0.2) is 10.9 Å². The molecule has 92 valence electrons. The first-order valence-electron chi connectivity index (χ1n) is 5.05. The number of benzene rings is 1. The van der Waals surface area contributed by atoms with Crippen molar-refractivity contribution in [1.29, 1.82) is 0 Å². The van der Waals surface area contributed by atoms with Crippen LogP contribution in [0.5, 0.6) is 0 Å². The Hall–Kier alpha value is -1.34. The number of hydrogen-bond acceptors (Lipinski definition) is 3. The molecule has 0 bridgehead atoms. The lowest BCUT2D eigenvalue weighted by atomic mass is 10.2. The number of hydrogen-bond donors (Lipinski definition) is 2. The molecule has 18 heavy (non-hydrogen) atoms. The average molecular weight is 374 g/mol. The van der Waals surface area contributed by atoms with Crippen molar-refractivity contribution in [3.63, 3.8) is 0 Å². The Bertz CT molecular complexity index is 604. The Morgan fingerprint density at radius 1 is 1.39 bits per heavy atom. The van der Waals surface area contributed by atoms with Crippen molar-refractivity contribution in [3.05, 3.63) is 50.7 Å². The van der Waals surface area contributed by atoms with Gasteiger partial charge in [0.2, 0.25) is 0 Å². The number of rotatable bonds is 2. The molecule has 2 rings (SSSR count). The fraction of sp³-hybridized carbons (Fsp3) is 0. The van der Waals surface area contributed by atoms with E-state index in [-0.39, 0.29) is 16.7 Å². The Morgan fingerprint density at radius 2 is 2.11 bits per heavy atom. The van der Waals surface area contributed by atoms with E-state index in [9.17, 15) is 4.79 Å². The van der Waals surface area contributed by atoms with Crippen molar-refractivity contribution >= 4 is 51.6 Å². The summed E-state index contributed by atoms with van der Waals surface area (Å²) in [5.41, 5.74) is 6.58. The lowest BCUT2D eigenvalue weighted by Gasteiger charge is -2.08. The lowest BCUT2D eigenvalue weighted by Crippen LogP contribution is -2.14. The Kier molecular flexibility index (Phi) is 4.03. The molecule has 0 fully saturated rings. The van der Waals surface area contributed by atoms with Gasteiger partial charge in [-0.05, 0) is 40.8 Å². The van der Waals surface area contributed by atoms with Crippen LogP contribution in [0.3, 0.4) is 0 Å². The second-order valence-corrected chi connectivity index (χ2v) is 5.09. The Labute approximate surface area is 123 Å². The quantitative estimate of drug-likeness (QED) is 0.795. The summed E-state index contributed by atoms with van der Waals surface area (Å²) in [5.74, 6) is -0.0504. The standard InChI is InChI=1S/C12H9ClIN3O/c13-8-6-16-11(15)5-7(8)12(18)17-10-4-2-1-3-9(10)14/h1-6H,(H2,15,16)(H,17,18). The number of nitrogens with one attached hydrogen (secondary N) is 1. The van der Waals surface area contributed by atoms with E-state index in [0.29, 0.717) is 5.56 Å². The van der Waals surface area contributed by atoms with E-state index in [1.54, 1.807) is 0 Å². The number of carbonyl (C=O) groups is 1. The first kappa shape index (κ1) is 13.1. The van der Waals surface area contributed by atoms with Gasteiger partial charge >= 0.3 is 0 Å². The van der Waals surface area contributed by atoms with Crippen LogP contribution in [0.2, 0.25) is 5.02 Å². The molecule has 1 aromatic heterocycles. The van der Waals surface area contributed by atoms with Gasteiger partial charge in [0, 0.05) is 9.77 Å². The maximum Gasteiger partial charge on any atom is 0.257 e. The van der Waals surface area contributed by atoms with E-state index in [1.165, 1.54) is 12.3 Å². The van der Waals surface area contributed by atoms with Crippen molar-refractivity contribution in [2.45, 2.75) is 0 Å². The number of halogens is 2. The minimum atomic E-state index is -0.307. The molecule has 0 radical (unpaired) electrons. The number of amides is 1. The van der Waals surface area contributed by atoms with E-state index in [1.807, 2.05) is 24.3 Å². The molecule has 3 N–H and O–H groups in total. The fourth-order valence-corrected chi connectivity index (χ4v) is 2.09. The number of aromatic nitrogens is 1. The molecule has 1 amide bonds. The number of nitrogen functional groups attached to an aromatic ring is 1. The van der Waals surface area contributed by atoms with Gasteiger partial charge in [-0.25, -0.2) is 4.98 Å². The summed E-state index contributed by atoms with van der Waals surface area (Å²) in [4.78, 5) is 15.9. The third kappa shape index (κ3) is 2.91. The van der Waals surface area contributed by atoms with Crippen LogP contribution in [0, 0.1) is 3.57 Å². The molecular weight excluding hydrogens is 365 g/mol. The van der Waals surface area contributed by atoms with E-state index < -0.39 is 0 Å². The molecule has 0 spiro atoms. The van der Waals surface area contributed by atoms with Crippen LogP contribution in [-0.2, 0) is 0 Å². The first-order chi connectivity index (χ1) is 8.58. The first-order valence-corrected chi connectivity index (χ1v) is 6.50. The highest BCUT2D eigenvalue weighted by atomic mass is 127. The van der Waals surface area contributed by atoms with E-state index in [0.717, 1.165) is 9.26 Å². The average Bonchev–Trinajstić information content (AvgIpc) is 2.35. The number of para-hydroxylation sites is 1. The molecule has 0 atom stereocenters. The number of carbonyl (C=O) groups excluding carboxylic acids is 1. The maximum atomic E-state index is 12.1. The van der Waals surface area contributed by atoms with E-state index in [2.05, 4.69) is 32.9 Å². The zero-order chi connectivity index (χ0) is 13.1. The third-order valence-corrected chi connectivity index (χ3v) is 3.49. The third-order valence-electron chi connectivity index (χ3n) is 2.24. The van der Waals surface area contributed by atoms with Gasteiger partial charge in [-0.2, -0.15) is 0 Å². The zero-order valence-electron chi connectivity index (χ0n) is 9.15. The topological polar surface area (TPSA) is 68.0 Å². The molecule has 0 saturated heterocycles. The molecule has 0 aliphatic heterocycles.